The minimum absolute atomic E-state index is 0.259. The second-order valence-corrected chi connectivity index (χ2v) is 4.50. The SMILES string of the molecule is FC(F)(F)Oc1ccc(Nc2cncc(Br)c2)cc1. The van der Waals surface area contributed by atoms with Gasteiger partial charge in [-0.3, -0.25) is 4.98 Å². The summed E-state index contributed by atoms with van der Waals surface area (Å²) in [6.45, 7) is 0. The molecule has 100 valence electrons. The van der Waals surface area contributed by atoms with Gasteiger partial charge in [0.1, 0.15) is 5.75 Å². The molecular formula is C12H8BrF3N2O. The average molecular weight is 333 g/mol. The molecule has 7 heteroatoms. The molecule has 1 aromatic carbocycles. The van der Waals surface area contributed by atoms with Gasteiger partial charge in [0.2, 0.25) is 0 Å². The van der Waals surface area contributed by atoms with Gasteiger partial charge in [-0.2, -0.15) is 0 Å². The number of nitrogens with one attached hydrogen (secondary N) is 1. The third kappa shape index (κ3) is 4.44. The Balaban J connectivity index is 2.07. The molecule has 3 nitrogen and oxygen atoms in total. The number of benzene rings is 1. The van der Waals surface area contributed by atoms with Crippen molar-refractivity contribution in [3.05, 3.63) is 47.2 Å². The average Bonchev–Trinajstić information content (AvgIpc) is 2.30. The van der Waals surface area contributed by atoms with E-state index in [1.807, 2.05) is 0 Å². The van der Waals surface area contributed by atoms with Crippen LogP contribution in [0.3, 0.4) is 0 Å². The van der Waals surface area contributed by atoms with Gasteiger partial charge in [0.15, 0.2) is 0 Å². The molecule has 0 radical (unpaired) electrons. The summed E-state index contributed by atoms with van der Waals surface area (Å²) in [7, 11) is 0. The second kappa shape index (κ2) is 5.48. The van der Waals surface area contributed by atoms with Crippen LogP contribution in [0, 0.1) is 0 Å². The van der Waals surface area contributed by atoms with E-state index in [1.165, 1.54) is 24.3 Å². The van der Waals surface area contributed by atoms with Crippen molar-refractivity contribution in [1.29, 1.82) is 0 Å². The van der Waals surface area contributed by atoms with E-state index in [0.29, 0.717) is 5.69 Å². The number of ether oxygens (including phenoxy) is 1. The van der Waals surface area contributed by atoms with Gasteiger partial charge >= 0.3 is 6.36 Å². The molecule has 0 aliphatic rings. The number of pyridine rings is 1. The van der Waals surface area contributed by atoms with Gasteiger partial charge in [-0.25, -0.2) is 0 Å². The number of nitrogens with zero attached hydrogens (tertiary/aromatic N) is 1. The van der Waals surface area contributed by atoms with Crippen molar-refractivity contribution in [2.75, 3.05) is 5.32 Å². The lowest BCUT2D eigenvalue weighted by Gasteiger charge is -2.10. The smallest absolute Gasteiger partial charge is 0.406 e. The molecule has 0 aliphatic heterocycles. The molecule has 0 atom stereocenters. The first-order chi connectivity index (χ1) is 8.92. The number of hydrogen-bond donors (Lipinski definition) is 1. The third-order valence-corrected chi connectivity index (χ3v) is 2.52. The maximum atomic E-state index is 12.0. The summed E-state index contributed by atoms with van der Waals surface area (Å²) in [6.07, 6.45) is -1.44. The van der Waals surface area contributed by atoms with E-state index in [9.17, 15) is 13.2 Å². The summed E-state index contributed by atoms with van der Waals surface area (Å²) >= 11 is 3.27. The Bertz CT molecular complexity index is 558. The highest BCUT2D eigenvalue weighted by Crippen LogP contribution is 2.25. The number of alkyl halides is 3. The first-order valence-electron chi connectivity index (χ1n) is 5.16. The van der Waals surface area contributed by atoms with Gasteiger partial charge in [0.25, 0.3) is 0 Å². The molecule has 0 saturated carbocycles. The molecule has 1 heterocycles. The van der Waals surface area contributed by atoms with E-state index in [-0.39, 0.29) is 5.75 Å². The van der Waals surface area contributed by atoms with Crippen molar-refractivity contribution < 1.29 is 17.9 Å². The predicted molar refractivity (Wildman–Crippen MR) is 68.3 cm³/mol. The standard InChI is InChI=1S/C12H8BrF3N2O/c13-8-5-10(7-17-6-8)18-9-1-3-11(4-2-9)19-12(14,15)16/h1-7,18H. The van der Waals surface area contributed by atoms with E-state index in [2.05, 4.69) is 31.0 Å². The summed E-state index contributed by atoms with van der Waals surface area (Å²) in [5.74, 6) is -0.259. The highest BCUT2D eigenvalue weighted by Gasteiger charge is 2.30. The minimum Gasteiger partial charge on any atom is -0.406 e. The predicted octanol–water partition coefficient (Wildman–Crippen LogP) is 4.49. The van der Waals surface area contributed by atoms with E-state index in [4.69, 9.17) is 0 Å². The largest absolute Gasteiger partial charge is 0.573 e. The van der Waals surface area contributed by atoms with Gasteiger partial charge in [0.05, 0.1) is 11.9 Å². The molecule has 1 N–H and O–H groups in total. The Kier molecular flexibility index (Phi) is 3.94. The van der Waals surface area contributed by atoms with Crippen LogP contribution in [0.2, 0.25) is 0 Å². The maximum Gasteiger partial charge on any atom is 0.573 e. The second-order valence-electron chi connectivity index (χ2n) is 3.59. The highest BCUT2D eigenvalue weighted by atomic mass is 79.9. The topological polar surface area (TPSA) is 34.1 Å². The van der Waals surface area contributed by atoms with E-state index < -0.39 is 6.36 Å². The van der Waals surface area contributed by atoms with Crippen molar-refractivity contribution in [2.45, 2.75) is 6.36 Å². The lowest BCUT2D eigenvalue weighted by atomic mass is 10.3. The summed E-state index contributed by atoms with van der Waals surface area (Å²) in [5, 5.41) is 3.01. The zero-order valence-corrected chi connectivity index (χ0v) is 11.0. The van der Waals surface area contributed by atoms with Crippen molar-refractivity contribution in [1.82, 2.24) is 4.98 Å². The number of halogens is 4. The van der Waals surface area contributed by atoms with Crippen LogP contribution >= 0.6 is 15.9 Å². The Morgan fingerprint density at radius 2 is 1.74 bits per heavy atom. The molecule has 0 unspecified atom stereocenters. The first kappa shape index (κ1) is 13.7. The fourth-order valence-corrected chi connectivity index (χ4v) is 1.75. The zero-order chi connectivity index (χ0) is 13.9. The van der Waals surface area contributed by atoms with E-state index in [1.54, 1.807) is 18.5 Å². The van der Waals surface area contributed by atoms with Crippen LogP contribution in [0.25, 0.3) is 0 Å². The van der Waals surface area contributed by atoms with Gasteiger partial charge in [-0.05, 0) is 46.3 Å². The van der Waals surface area contributed by atoms with Crippen molar-refractivity contribution in [3.63, 3.8) is 0 Å². The van der Waals surface area contributed by atoms with Gasteiger partial charge < -0.3 is 10.1 Å². The van der Waals surface area contributed by atoms with Crippen LogP contribution in [-0.4, -0.2) is 11.3 Å². The normalized spacial score (nSPS) is 11.2. The molecule has 2 rings (SSSR count). The number of aromatic nitrogens is 1. The minimum atomic E-state index is -4.68. The lowest BCUT2D eigenvalue weighted by molar-refractivity contribution is -0.274. The number of rotatable bonds is 3. The monoisotopic (exact) mass is 332 g/mol. The Labute approximate surface area is 115 Å². The first-order valence-corrected chi connectivity index (χ1v) is 5.95. The van der Waals surface area contributed by atoms with Crippen LogP contribution in [0.5, 0.6) is 5.75 Å². The molecule has 0 fully saturated rings. The molecule has 0 aliphatic carbocycles. The summed E-state index contributed by atoms with van der Waals surface area (Å²) < 4.78 is 40.5. The van der Waals surface area contributed by atoms with Gasteiger partial charge in [0, 0.05) is 16.4 Å². The zero-order valence-electron chi connectivity index (χ0n) is 9.41. The Morgan fingerprint density at radius 3 is 2.32 bits per heavy atom. The van der Waals surface area contributed by atoms with E-state index >= 15 is 0 Å². The Morgan fingerprint density at radius 1 is 1.05 bits per heavy atom. The fourth-order valence-electron chi connectivity index (χ4n) is 1.39. The molecule has 0 saturated heterocycles. The van der Waals surface area contributed by atoms with Crippen molar-refractivity contribution in [2.24, 2.45) is 0 Å². The van der Waals surface area contributed by atoms with E-state index in [0.717, 1.165) is 10.2 Å². The maximum absolute atomic E-state index is 12.0. The molecule has 0 amide bonds. The number of hydrogen-bond acceptors (Lipinski definition) is 3. The summed E-state index contributed by atoms with van der Waals surface area (Å²) in [6, 6.07) is 7.25. The van der Waals surface area contributed by atoms with Crippen LogP contribution in [0.15, 0.2) is 47.2 Å². The van der Waals surface area contributed by atoms with Crippen LogP contribution < -0.4 is 10.1 Å². The summed E-state index contributed by atoms with van der Waals surface area (Å²) in [4.78, 5) is 3.96. The van der Waals surface area contributed by atoms with Crippen LogP contribution in [0.1, 0.15) is 0 Å². The molecule has 0 spiro atoms. The third-order valence-electron chi connectivity index (χ3n) is 2.08. The summed E-state index contributed by atoms with van der Waals surface area (Å²) in [5.41, 5.74) is 1.35. The number of anilines is 2. The molecule has 1 aromatic heterocycles. The van der Waals surface area contributed by atoms with Crippen LogP contribution in [0.4, 0.5) is 24.5 Å². The quantitative estimate of drug-likeness (QED) is 0.899. The van der Waals surface area contributed by atoms with Gasteiger partial charge in [-0.1, -0.05) is 0 Å². The Hall–Kier alpha value is -1.76. The molecular weight excluding hydrogens is 325 g/mol. The van der Waals surface area contributed by atoms with Crippen LogP contribution in [-0.2, 0) is 0 Å². The molecule has 2 aromatic rings. The van der Waals surface area contributed by atoms with Gasteiger partial charge in [-0.15, -0.1) is 13.2 Å². The fraction of sp³-hybridized carbons (Fsp3) is 0.0833. The highest BCUT2D eigenvalue weighted by molar-refractivity contribution is 9.10. The molecule has 19 heavy (non-hydrogen) atoms. The van der Waals surface area contributed by atoms with Crippen molar-refractivity contribution in [3.8, 4) is 5.75 Å². The van der Waals surface area contributed by atoms with Crippen molar-refractivity contribution >= 4 is 27.3 Å². The molecule has 0 bridgehead atoms. The lowest BCUT2D eigenvalue weighted by Crippen LogP contribution is -2.16.